The molecule has 5 heterocycles. The number of anilines is 1. The van der Waals surface area contributed by atoms with Gasteiger partial charge in [0.2, 0.25) is 5.91 Å². The van der Waals surface area contributed by atoms with Gasteiger partial charge in [-0.1, -0.05) is 13.3 Å². The van der Waals surface area contributed by atoms with E-state index in [1.165, 1.54) is 12.1 Å². The van der Waals surface area contributed by atoms with Crippen LogP contribution in [-0.4, -0.2) is 36.0 Å². The van der Waals surface area contributed by atoms with Gasteiger partial charge in [-0.05, 0) is 61.0 Å². The van der Waals surface area contributed by atoms with Crippen LogP contribution in [0.15, 0.2) is 73.2 Å². The number of hydrogen-bond donors (Lipinski definition) is 3. The van der Waals surface area contributed by atoms with Crippen LogP contribution >= 0.6 is 0 Å². The zero-order valence-corrected chi connectivity index (χ0v) is 20.6. The topological polar surface area (TPSA) is 112 Å². The molecule has 0 aliphatic rings. The Morgan fingerprint density at radius 3 is 2.68 bits per heavy atom. The quantitative estimate of drug-likeness (QED) is 0.229. The van der Waals surface area contributed by atoms with Gasteiger partial charge in [0.05, 0.1) is 34.5 Å². The minimum Gasteiger partial charge on any atom is -0.353 e. The second-order valence-corrected chi connectivity index (χ2v) is 9.09. The molecule has 0 fully saturated rings. The van der Waals surface area contributed by atoms with Gasteiger partial charge in [0.1, 0.15) is 17.0 Å². The highest BCUT2D eigenvalue weighted by molar-refractivity contribution is 5.99. The van der Waals surface area contributed by atoms with Crippen LogP contribution in [0.3, 0.4) is 0 Å². The number of rotatable bonds is 7. The second-order valence-electron chi connectivity index (χ2n) is 9.09. The molecule has 0 radical (unpaired) electrons. The van der Waals surface area contributed by atoms with Crippen molar-refractivity contribution in [1.82, 2.24) is 30.1 Å². The molecule has 8 nitrogen and oxygen atoms in total. The Bertz CT molecular complexity index is 1770. The zero-order valence-electron chi connectivity index (χ0n) is 20.6. The van der Waals surface area contributed by atoms with Crippen molar-refractivity contribution in [2.75, 3.05) is 5.32 Å². The summed E-state index contributed by atoms with van der Waals surface area (Å²) in [4.78, 5) is 29.3. The van der Waals surface area contributed by atoms with Gasteiger partial charge in [-0.25, -0.2) is 9.37 Å². The number of benzene rings is 1. The highest BCUT2D eigenvalue weighted by atomic mass is 19.1. The van der Waals surface area contributed by atoms with Crippen molar-refractivity contribution in [2.24, 2.45) is 0 Å². The molecule has 6 aromatic rings. The molecule has 1 aromatic carbocycles. The summed E-state index contributed by atoms with van der Waals surface area (Å²) in [6, 6.07) is 15.9. The molecular formula is C29H24FN7O. The summed E-state index contributed by atoms with van der Waals surface area (Å²) in [6.07, 6.45) is 7.36. The standard InChI is InChI=1S/C29H24FN7O/c1-2-3-4-26(38)33-20-13-18(15-31-16-20)22-9-10-24-28(35-22)29(37-36-24)25-14-21-23(34-25)11-12-32-27(21)17-5-7-19(30)8-6-17/h5-16,34H,2-4H2,1H3,(H,33,38)(H,36,37). The average Bonchev–Trinajstić information content (AvgIpc) is 3.56. The van der Waals surface area contributed by atoms with Crippen molar-refractivity contribution in [3.05, 3.63) is 79.0 Å². The van der Waals surface area contributed by atoms with Gasteiger partial charge >= 0.3 is 0 Å². The van der Waals surface area contributed by atoms with Crippen molar-refractivity contribution in [1.29, 1.82) is 0 Å². The van der Waals surface area contributed by atoms with Crippen LogP contribution in [0.2, 0.25) is 0 Å². The third-order valence-corrected chi connectivity index (χ3v) is 6.40. The molecule has 0 bridgehead atoms. The largest absolute Gasteiger partial charge is 0.353 e. The number of nitrogens with zero attached hydrogens (tertiary/aromatic N) is 4. The number of fused-ring (bicyclic) bond motifs is 2. The molecule has 38 heavy (non-hydrogen) atoms. The lowest BCUT2D eigenvalue weighted by Gasteiger charge is -2.07. The molecule has 5 aromatic heterocycles. The summed E-state index contributed by atoms with van der Waals surface area (Å²) in [5.74, 6) is -0.320. The average molecular weight is 506 g/mol. The summed E-state index contributed by atoms with van der Waals surface area (Å²) >= 11 is 0. The molecule has 0 saturated carbocycles. The molecule has 0 atom stereocenters. The first-order valence-corrected chi connectivity index (χ1v) is 12.4. The van der Waals surface area contributed by atoms with E-state index in [1.54, 1.807) is 30.7 Å². The van der Waals surface area contributed by atoms with E-state index in [9.17, 15) is 9.18 Å². The molecule has 0 unspecified atom stereocenters. The molecular weight excluding hydrogens is 481 g/mol. The lowest BCUT2D eigenvalue weighted by molar-refractivity contribution is -0.116. The Labute approximate surface area is 217 Å². The third kappa shape index (κ3) is 4.50. The molecule has 1 amide bonds. The molecule has 0 aliphatic heterocycles. The molecule has 3 N–H and O–H groups in total. The number of H-pyrrole nitrogens is 2. The summed E-state index contributed by atoms with van der Waals surface area (Å²) < 4.78 is 13.5. The number of carbonyl (C=O) groups is 1. The summed E-state index contributed by atoms with van der Waals surface area (Å²) in [6.45, 7) is 2.05. The normalized spacial score (nSPS) is 11.3. The van der Waals surface area contributed by atoms with E-state index in [2.05, 4.69) is 37.4 Å². The van der Waals surface area contributed by atoms with Crippen molar-refractivity contribution < 1.29 is 9.18 Å². The highest BCUT2D eigenvalue weighted by Gasteiger charge is 2.16. The van der Waals surface area contributed by atoms with Gasteiger partial charge in [0, 0.05) is 40.8 Å². The summed E-state index contributed by atoms with van der Waals surface area (Å²) in [5, 5.41) is 11.4. The number of unbranched alkanes of at least 4 members (excludes halogenated alkanes) is 1. The SMILES string of the molecule is CCCCC(=O)Nc1cncc(-c2ccc3[nH]nc(-c4cc5c(-c6ccc(F)cc6)nccc5[nH]4)c3n2)c1. The minimum atomic E-state index is -0.292. The molecule has 6 rings (SSSR count). The van der Waals surface area contributed by atoms with Crippen LogP contribution in [-0.2, 0) is 4.79 Å². The van der Waals surface area contributed by atoms with Crippen molar-refractivity contribution in [3.8, 4) is 33.9 Å². The Hall–Kier alpha value is -4.92. The van der Waals surface area contributed by atoms with Crippen molar-refractivity contribution in [3.63, 3.8) is 0 Å². The summed E-state index contributed by atoms with van der Waals surface area (Å²) in [5.41, 5.74) is 7.52. The number of hydrogen-bond acceptors (Lipinski definition) is 5. The van der Waals surface area contributed by atoms with Crippen LogP contribution in [0.5, 0.6) is 0 Å². The zero-order chi connectivity index (χ0) is 26.1. The van der Waals surface area contributed by atoms with Gasteiger partial charge in [-0.15, -0.1) is 0 Å². The monoisotopic (exact) mass is 505 g/mol. The highest BCUT2D eigenvalue weighted by Crippen LogP contribution is 2.33. The fraction of sp³-hybridized carbons (Fsp3) is 0.138. The van der Waals surface area contributed by atoms with E-state index >= 15 is 0 Å². The molecule has 188 valence electrons. The van der Waals surface area contributed by atoms with E-state index in [0.717, 1.165) is 51.8 Å². The smallest absolute Gasteiger partial charge is 0.224 e. The summed E-state index contributed by atoms with van der Waals surface area (Å²) in [7, 11) is 0. The maximum absolute atomic E-state index is 13.5. The third-order valence-electron chi connectivity index (χ3n) is 6.40. The molecule has 0 aliphatic carbocycles. The molecule has 9 heteroatoms. The fourth-order valence-electron chi connectivity index (χ4n) is 4.48. The van der Waals surface area contributed by atoms with Gasteiger partial charge in [-0.3, -0.25) is 19.9 Å². The maximum Gasteiger partial charge on any atom is 0.224 e. The lowest BCUT2D eigenvalue weighted by atomic mass is 10.1. The van der Waals surface area contributed by atoms with E-state index in [1.807, 2.05) is 30.3 Å². The van der Waals surface area contributed by atoms with Crippen LogP contribution in [0.4, 0.5) is 10.1 Å². The predicted molar refractivity (Wildman–Crippen MR) is 146 cm³/mol. The fourth-order valence-corrected chi connectivity index (χ4v) is 4.48. The molecule has 0 saturated heterocycles. The number of amides is 1. The van der Waals surface area contributed by atoms with Crippen LogP contribution in [0.25, 0.3) is 55.8 Å². The van der Waals surface area contributed by atoms with Crippen molar-refractivity contribution >= 4 is 33.5 Å². The number of halogens is 1. The van der Waals surface area contributed by atoms with Gasteiger partial charge in [0.25, 0.3) is 0 Å². The maximum atomic E-state index is 13.5. The van der Waals surface area contributed by atoms with E-state index in [4.69, 9.17) is 4.98 Å². The number of pyridine rings is 3. The van der Waals surface area contributed by atoms with Crippen LogP contribution in [0, 0.1) is 5.82 Å². The number of aromatic amines is 2. The van der Waals surface area contributed by atoms with Crippen LogP contribution in [0.1, 0.15) is 26.2 Å². The van der Waals surface area contributed by atoms with E-state index in [0.29, 0.717) is 29.0 Å². The Morgan fingerprint density at radius 2 is 1.84 bits per heavy atom. The lowest BCUT2D eigenvalue weighted by Crippen LogP contribution is -2.11. The van der Waals surface area contributed by atoms with E-state index < -0.39 is 0 Å². The first-order chi connectivity index (χ1) is 18.6. The predicted octanol–water partition coefficient (Wildman–Crippen LogP) is 6.50. The number of nitrogens with one attached hydrogen (secondary N) is 3. The van der Waals surface area contributed by atoms with Gasteiger partial charge in [0.15, 0.2) is 0 Å². The number of carbonyl (C=O) groups excluding carboxylic acids is 1. The van der Waals surface area contributed by atoms with E-state index in [-0.39, 0.29) is 11.7 Å². The Balaban J connectivity index is 1.37. The minimum absolute atomic E-state index is 0.0281. The molecule has 0 spiro atoms. The van der Waals surface area contributed by atoms with Crippen LogP contribution < -0.4 is 5.32 Å². The van der Waals surface area contributed by atoms with Gasteiger partial charge < -0.3 is 10.3 Å². The second kappa shape index (κ2) is 9.85. The number of aromatic nitrogens is 6. The van der Waals surface area contributed by atoms with Gasteiger partial charge in [-0.2, -0.15) is 5.10 Å². The Morgan fingerprint density at radius 1 is 0.974 bits per heavy atom. The first kappa shape index (κ1) is 23.5. The first-order valence-electron chi connectivity index (χ1n) is 12.4. The Kier molecular flexibility index (Phi) is 6.09. The van der Waals surface area contributed by atoms with Crippen molar-refractivity contribution in [2.45, 2.75) is 26.2 Å².